The topological polar surface area (TPSA) is 48.5 Å². The number of benzene rings is 7. The molecular weight excluding hydrogens is 683 g/mol. The van der Waals surface area contributed by atoms with E-state index in [4.69, 9.17) is 15.0 Å². The summed E-state index contributed by atoms with van der Waals surface area (Å²) in [6.45, 7) is 0. The molecule has 11 rings (SSSR count). The maximum Gasteiger partial charge on any atom is 0.238 e. The van der Waals surface area contributed by atoms with Crippen molar-refractivity contribution < 1.29 is 0 Å². The first-order valence-corrected chi connectivity index (χ1v) is 19.5. The van der Waals surface area contributed by atoms with Crippen LogP contribution in [0.4, 0.5) is 0 Å². The molecule has 0 atom stereocenters. The van der Waals surface area contributed by atoms with Gasteiger partial charge in [0.05, 0.1) is 16.6 Å². The van der Waals surface area contributed by atoms with E-state index in [1.165, 1.54) is 44.9 Å². The molecule has 266 valence electrons. The third-order valence-corrected chi connectivity index (χ3v) is 11.4. The van der Waals surface area contributed by atoms with Crippen LogP contribution in [0.25, 0.3) is 89.4 Å². The Balaban J connectivity index is 1.19. The Bertz CT molecular complexity index is 2970. The lowest BCUT2D eigenvalue weighted by Gasteiger charge is -2.16. The second-order valence-corrected chi connectivity index (χ2v) is 14.7. The van der Waals surface area contributed by atoms with Crippen LogP contribution in [0, 0.1) is 0 Å². The molecule has 0 N–H and O–H groups in total. The maximum absolute atomic E-state index is 5.38. The standard InChI is InChI=1S/C51H37N5/c1-4-16-34(17-5-1)36-20-14-22-38(30-36)49-52-50(39-23-15-21-37(31-39)35-18-6-2-7-19-35)54-51(53-49)56-46-29-13-11-27-42(46)44-32-43-41-26-10-12-28-45(41)55(47(43)33-48(44)56)40-24-8-3-9-25-40/h1-10,12,14-26,28,30-33H,11,13,27,29H2. The molecular formula is C51H37N5. The third kappa shape index (κ3) is 5.43. The summed E-state index contributed by atoms with van der Waals surface area (Å²) >= 11 is 0. The van der Waals surface area contributed by atoms with Crippen molar-refractivity contribution in [2.24, 2.45) is 0 Å². The molecule has 1 aliphatic rings. The molecule has 7 aromatic carbocycles. The first-order chi connectivity index (χ1) is 27.8. The van der Waals surface area contributed by atoms with Crippen LogP contribution in [-0.2, 0) is 12.8 Å². The summed E-state index contributed by atoms with van der Waals surface area (Å²) in [4.78, 5) is 16.0. The quantitative estimate of drug-likeness (QED) is 0.172. The van der Waals surface area contributed by atoms with Gasteiger partial charge in [-0.15, -0.1) is 0 Å². The number of nitrogens with zero attached hydrogens (tertiary/aromatic N) is 5. The van der Waals surface area contributed by atoms with E-state index in [0.29, 0.717) is 17.6 Å². The van der Waals surface area contributed by atoms with E-state index in [1.807, 2.05) is 0 Å². The van der Waals surface area contributed by atoms with Crippen LogP contribution in [0.15, 0.2) is 176 Å². The minimum absolute atomic E-state index is 0.648. The van der Waals surface area contributed by atoms with Gasteiger partial charge in [-0.2, -0.15) is 9.97 Å². The van der Waals surface area contributed by atoms with Crippen molar-refractivity contribution in [1.29, 1.82) is 0 Å². The van der Waals surface area contributed by atoms with Gasteiger partial charge in [0.25, 0.3) is 0 Å². The Morgan fingerprint density at radius 2 is 0.893 bits per heavy atom. The number of hydrogen-bond acceptors (Lipinski definition) is 3. The summed E-state index contributed by atoms with van der Waals surface area (Å²) in [6.07, 6.45) is 4.30. The van der Waals surface area contributed by atoms with Gasteiger partial charge < -0.3 is 4.57 Å². The fraction of sp³-hybridized carbons (Fsp3) is 0.0784. The molecule has 0 spiro atoms. The zero-order valence-electron chi connectivity index (χ0n) is 30.8. The summed E-state index contributed by atoms with van der Waals surface area (Å²) in [5.74, 6) is 1.95. The molecule has 0 fully saturated rings. The molecule has 1 aliphatic carbocycles. The van der Waals surface area contributed by atoms with Gasteiger partial charge in [-0.05, 0) is 96.0 Å². The van der Waals surface area contributed by atoms with Crippen molar-refractivity contribution in [3.63, 3.8) is 0 Å². The van der Waals surface area contributed by atoms with Crippen molar-refractivity contribution in [2.45, 2.75) is 25.7 Å². The van der Waals surface area contributed by atoms with Crippen molar-refractivity contribution in [3.05, 3.63) is 187 Å². The van der Waals surface area contributed by atoms with E-state index in [2.05, 4.69) is 185 Å². The van der Waals surface area contributed by atoms with Gasteiger partial charge >= 0.3 is 0 Å². The van der Waals surface area contributed by atoms with Gasteiger partial charge in [0.1, 0.15) is 0 Å². The number of fused-ring (bicyclic) bond motifs is 6. The smallest absolute Gasteiger partial charge is 0.238 e. The van der Waals surface area contributed by atoms with Gasteiger partial charge in [-0.3, -0.25) is 4.57 Å². The maximum atomic E-state index is 5.38. The highest BCUT2D eigenvalue weighted by Gasteiger charge is 2.26. The fourth-order valence-corrected chi connectivity index (χ4v) is 8.75. The van der Waals surface area contributed by atoms with Crippen molar-refractivity contribution in [2.75, 3.05) is 0 Å². The van der Waals surface area contributed by atoms with Crippen LogP contribution in [-0.4, -0.2) is 24.1 Å². The molecule has 0 bridgehead atoms. The zero-order chi connectivity index (χ0) is 37.0. The van der Waals surface area contributed by atoms with Gasteiger partial charge in [0.15, 0.2) is 11.6 Å². The molecule has 5 nitrogen and oxygen atoms in total. The average molecular weight is 720 g/mol. The molecule has 3 aromatic heterocycles. The minimum atomic E-state index is 0.648. The Kier molecular flexibility index (Phi) is 7.69. The first kappa shape index (κ1) is 32.3. The van der Waals surface area contributed by atoms with Crippen LogP contribution in [0.3, 0.4) is 0 Å². The molecule has 0 aliphatic heterocycles. The Hall–Kier alpha value is -7.11. The largest absolute Gasteiger partial charge is 0.309 e. The molecule has 10 aromatic rings. The highest BCUT2D eigenvalue weighted by atomic mass is 15.2. The van der Waals surface area contributed by atoms with Gasteiger partial charge in [0.2, 0.25) is 5.95 Å². The Morgan fingerprint density at radius 1 is 0.357 bits per heavy atom. The molecule has 3 heterocycles. The highest BCUT2D eigenvalue weighted by molar-refractivity contribution is 6.14. The van der Waals surface area contributed by atoms with E-state index in [1.54, 1.807) is 0 Å². The molecule has 0 amide bonds. The van der Waals surface area contributed by atoms with Crippen LogP contribution in [0.5, 0.6) is 0 Å². The number of aryl methyl sites for hydroxylation is 1. The van der Waals surface area contributed by atoms with Crippen molar-refractivity contribution >= 4 is 32.7 Å². The predicted molar refractivity (Wildman–Crippen MR) is 229 cm³/mol. The van der Waals surface area contributed by atoms with Crippen LogP contribution in [0.1, 0.15) is 24.1 Å². The van der Waals surface area contributed by atoms with Crippen molar-refractivity contribution in [3.8, 4) is 56.7 Å². The Labute approximate surface area is 325 Å². The summed E-state index contributed by atoms with van der Waals surface area (Å²) in [7, 11) is 0. The lowest BCUT2D eigenvalue weighted by atomic mass is 9.95. The predicted octanol–water partition coefficient (Wildman–Crippen LogP) is 12.5. The third-order valence-electron chi connectivity index (χ3n) is 11.4. The molecule has 5 heteroatoms. The summed E-state index contributed by atoms with van der Waals surface area (Å²) < 4.78 is 4.75. The van der Waals surface area contributed by atoms with E-state index in [0.717, 1.165) is 63.8 Å². The number of para-hydroxylation sites is 2. The number of rotatable bonds is 6. The lowest BCUT2D eigenvalue weighted by Crippen LogP contribution is -2.11. The van der Waals surface area contributed by atoms with Crippen molar-refractivity contribution in [1.82, 2.24) is 24.1 Å². The summed E-state index contributed by atoms with van der Waals surface area (Å²) in [5.41, 5.74) is 13.8. The van der Waals surface area contributed by atoms with E-state index in [9.17, 15) is 0 Å². The van der Waals surface area contributed by atoms with Crippen LogP contribution < -0.4 is 0 Å². The SMILES string of the molecule is c1ccc(-c2cccc(-c3nc(-c4cccc(-c5ccccc5)c4)nc(-n4c5c(c6cc7c8ccccc8n(-c8ccccc8)c7cc64)CCCC5)n3)c2)cc1. The van der Waals surface area contributed by atoms with Gasteiger partial charge in [-0.25, -0.2) is 4.98 Å². The number of hydrogen-bond donors (Lipinski definition) is 0. The van der Waals surface area contributed by atoms with Crippen LogP contribution in [0.2, 0.25) is 0 Å². The second-order valence-electron chi connectivity index (χ2n) is 14.7. The molecule has 0 saturated heterocycles. The highest BCUT2D eigenvalue weighted by Crippen LogP contribution is 2.41. The fourth-order valence-electron chi connectivity index (χ4n) is 8.75. The minimum Gasteiger partial charge on any atom is -0.309 e. The van der Waals surface area contributed by atoms with Gasteiger partial charge in [-0.1, -0.05) is 133 Å². The zero-order valence-corrected chi connectivity index (χ0v) is 30.8. The lowest BCUT2D eigenvalue weighted by molar-refractivity contribution is 0.661. The van der Waals surface area contributed by atoms with Gasteiger partial charge in [0, 0.05) is 38.7 Å². The second kappa shape index (κ2) is 13.3. The average Bonchev–Trinajstić information content (AvgIpc) is 3.78. The monoisotopic (exact) mass is 719 g/mol. The summed E-state index contributed by atoms with van der Waals surface area (Å²) in [5, 5.41) is 3.80. The molecule has 0 radical (unpaired) electrons. The van der Waals surface area contributed by atoms with E-state index in [-0.39, 0.29) is 0 Å². The normalized spacial score (nSPS) is 12.7. The number of aromatic nitrogens is 5. The molecule has 56 heavy (non-hydrogen) atoms. The first-order valence-electron chi connectivity index (χ1n) is 19.5. The summed E-state index contributed by atoms with van der Waals surface area (Å²) in [6, 6.07) is 62.4. The molecule has 0 saturated carbocycles. The van der Waals surface area contributed by atoms with E-state index >= 15 is 0 Å². The molecule has 0 unspecified atom stereocenters. The Morgan fingerprint density at radius 3 is 1.55 bits per heavy atom. The van der Waals surface area contributed by atoms with Crippen LogP contribution >= 0.6 is 0 Å². The van der Waals surface area contributed by atoms with E-state index < -0.39 is 0 Å².